The Bertz CT molecular complexity index is 2050. The summed E-state index contributed by atoms with van der Waals surface area (Å²) in [6, 6.07) is 46.8. The summed E-state index contributed by atoms with van der Waals surface area (Å²) in [5.74, 6) is 0. The van der Waals surface area contributed by atoms with Gasteiger partial charge in [-0.05, 0) is 63.9 Å². The van der Waals surface area contributed by atoms with Gasteiger partial charge < -0.3 is 4.90 Å². The van der Waals surface area contributed by atoms with E-state index < -0.39 is 0 Å². The number of thiophene rings is 1. The summed E-state index contributed by atoms with van der Waals surface area (Å²) >= 11 is 1.89. The van der Waals surface area contributed by atoms with Crippen molar-refractivity contribution in [1.29, 1.82) is 0 Å². The SMILES string of the molecule is CC1(C)c2ccccc2-c2c(N(c3ccccc3)c3ccc4c(c3)sc3ccc5ccccc5c34)cccc21. The smallest absolute Gasteiger partial charge is 0.0543 e. The highest BCUT2D eigenvalue weighted by atomic mass is 32.1. The molecular formula is C37H27NS. The second kappa shape index (κ2) is 8.30. The quantitative estimate of drug-likeness (QED) is 0.225. The highest BCUT2D eigenvalue weighted by Gasteiger charge is 2.37. The second-order valence-electron chi connectivity index (χ2n) is 11.0. The first-order valence-corrected chi connectivity index (χ1v) is 14.4. The maximum absolute atomic E-state index is 2.44. The molecule has 7 aromatic rings. The van der Waals surface area contributed by atoms with Crippen LogP contribution in [0.15, 0.2) is 127 Å². The highest BCUT2D eigenvalue weighted by molar-refractivity contribution is 7.26. The van der Waals surface area contributed by atoms with Crippen LogP contribution in [-0.4, -0.2) is 0 Å². The van der Waals surface area contributed by atoms with Crippen molar-refractivity contribution >= 4 is 59.3 Å². The van der Waals surface area contributed by atoms with Gasteiger partial charge in [-0.15, -0.1) is 11.3 Å². The molecular weight excluding hydrogens is 490 g/mol. The lowest BCUT2D eigenvalue weighted by Gasteiger charge is -2.29. The molecule has 0 spiro atoms. The molecule has 1 aliphatic rings. The fourth-order valence-corrected chi connectivity index (χ4v) is 7.75. The van der Waals surface area contributed by atoms with Gasteiger partial charge in [0.2, 0.25) is 0 Å². The molecule has 1 heterocycles. The minimum atomic E-state index is -0.0409. The zero-order chi connectivity index (χ0) is 26.1. The molecule has 0 saturated carbocycles. The molecule has 2 heteroatoms. The van der Waals surface area contributed by atoms with E-state index in [9.17, 15) is 0 Å². The molecule has 0 bridgehead atoms. The third-order valence-electron chi connectivity index (χ3n) is 8.44. The molecule has 0 amide bonds. The van der Waals surface area contributed by atoms with Crippen LogP contribution in [0.5, 0.6) is 0 Å². The Hall–Kier alpha value is -4.40. The third-order valence-corrected chi connectivity index (χ3v) is 9.56. The molecule has 0 saturated heterocycles. The van der Waals surface area contributed by atoms with Crippen molar-refractivity contribution in [3.63, 3.8) is 0 Å². The number of hydrogen-bond acceptors (Lipinski definition) is 2. The standard InChI is InChI=1S/C37H27NS/c1-37(2)30-16-9-8-15-28(30)36-31(37)17-10-18-32(36)38(25-12-4-3-5-13-25)26-20-21-29-34(23-26)39-33-22-19-24-11-6-7-14-27(24)35(29)33/h3-23H,1-2H3. The molecule has 1 aromatic heterocycles. The van der Waals surface area contributed by atoms with E-state index in [0.717, 1.165) is 0 Å². The van der Waals surface area contributed by atoms with E-state index in [1.807, 2.05) is 11.3 Å². The Morgan fingerprint density at radius 3 is 2.23 bits per heavy atom. The zero-order valence-corrected chi connectivity index (χ0v) is 22.8. The molecule has 6 aromatic carbocycles. The molecule has 0 atom stereocenters. The first-order valence-electron chi connectivity index (χ1n) is 13.5. The molecule has 0 radical (unpaired) electrons. The lowest BCUT2D eigenvalue weighted by atomic mass is 9.82. The van der Waals surface area contributed by atoms with Crippen molar-refractivity contribution in [1.82, 2.24) is 0 Å². The van der Waals surface area contributed by atoms with E-state index in [1.165, 1.54) is 70.3 Å². The second-order valence-corrected chi connectivity index (χ2v) is 12.1. The normalized spacial score (nSPS) is 13.6. The summed E-state index contributed by atoms with van der Waals surface area (Å²) < 4.78 is 2.65. The predicted molar refractivity (Wildman–Crippen MR) is 169 cm³/mol. The largest absolute Gasteiger partial charge is 0.310 e. The van der Waals surface area contributed by atoms with Gasteiger partial charge in [-0.3, -0.25) is 0 Å². The van der Waals surface area contributed by atoms with E-state index in [1.54, 1.807) is 0 Å². The van der Waals surface area contributed by atoms with E-state index in [2.05, 4.69) is 146 Å². The van der Waals surface area contributed by atoms with Gasteiger partial charge in [-0.25, -0.2) is 0 Å². The lowest BCUT2D eigenvalue weighted by molar-refractivity contribution is 0.660. The van der Waals surface area contributed by atoms with E-state index >= 15 is 0 Å². The number of nitrogens with zero attached hydrogens (tertiary/aromatic N) is 1. The van der Waals surface area contributed by atoms with Crippen LogP contribution in [0.3, 0.4) is 0 Å². The summed E-state index contributed by atoms with van der Waals surface area (Å²) in [4.78, 5) is 2.44. The molecule has 186 valence electrons. The maximum atomic E-state index is 2.44. The number of rotatable bonds is 3. The van der Waals surface area contributed by atoms with Gasteiger partial charge in [-0.1, -0.05) is 105 Å². The van der Waals surface area contributed by atoms with Crippen molar-refractivity contribution in [2.45, 2.75) is 19.3 Å². The van der Waals surface area contributed by atoms with Crippen LogP contribution in [0.25, 0.3) is 42.1 Å². The Labute approximate surface area is 232 Å². The van der Waals surface area contributed by atoms with Crippen LogP contribution in [-0.2, 0) is 5.41 Å². The molecule has 8 rings (SSSR count). The highest BCUT2D eigenvalue weighted by Crippen LogP contribution is 2.54. The Kier molecular flexibility index (Phi) is 4.80. The minimum absolute atomic E-state index is 0.0409. The molecule has 0 fully saturated rings. The predicted octanol–water partition coefficient (Wildman–Crippen LogP) is 11.0. The lowest BCUT2D eigenvalue weighted by Crippen LogP contribution is -2.16. The van der Waals surface area contributed by atoms with Crippen molar-refractivity contribution in [2.75, 3.05) is 4.90 Å². The summed E-state index contributed by atoms with van der Waals surface area (Å²) in [5.41, 5.74) is 8.99. The Morgan fingerprint density at radius 1 is 0.564 bits per heavy atom. The van der Waals surface area contributed by atoms with Gasteiger partial charge in [0.05, 0.1) is 5.69 Å². The number of hydrogen-bond donors (Lipinski definition) is 0. The Morgan fingerprint density at radius 2 is 1.33 bits per heavy atom. The van der Waals surface area contributed by atoms with Crippen LogP contribution in [0.1, 0.15) is 25.0 Å². The number of fused-ring (bicyclic) bond motifs is 8. The molecule has 1 aliphatic carbocycles. The summed E-state index contributed by atoms with van der Waals surface area (Å²) in [6.07, 6.45) is 0. The van der Waals surface area contributed by atoms with Crippen LogP contribution in [0, 0.1) is 0 Å². The van der Waals surface area contributed by atoms with Gasteiger partial charge in [0, 0.05) is 42.5 Å². The first-order chi connectivity index (χ1) is 19.1. The topological polar surface area (TPSA) is 3.24 Å². The fraction of sp³-hybridized carbons (Fsp3) is 0.0811. The zero-order valence-electron chi connectivity index (χ0n) is 22.0. The summed E-state index contributed by atoms with van der Waals surface area (Å²) in [6.45, 7) is 4.70. The summed E-state index contributed by atoms with van der Waals surface area (Å²) in [5, 5.41) is 5.31. The van der Waals surface area contributed by atoms with Gasteiger partial charge in [-0.2, -0.15) is 0 Å². The summed E-state index contributed by atoms with van der Waals surface area (Å²) in [7, 11) is 0. The average molecular weight is 518 g/mol. The minimum Gasteiger partial charge on any atom is -0.310 e. The van der Waals surface area contributed by atoms with Crippen LogP contribution < -0.4 is 4.90 Å². The fourth-order valence-electron chi connectivity index (χ4n) is 6.60. The van der Waals surface area contributed by atoms with E-state index in [0.29, 0.717) is 0 Å². The van der Waals surface area contributed by atoms with Gasteiger partial charge in [0.25, 0.3) is 0 Å². The van der Waals surface area contributed by atoms with Gasteiger partial charge >= 0.3 is 0 Å². The van der Waals surface area contributed by atoms with Gasteiger partial charge in [0.1, 0.15) is 0 Å². The van der Waals surface area contributed by atoms with E-state index in [4.69, 9.17) is 0 Å². The molecule has 1 nitrogen and oxygen atoms in total. The number of anilines is 3. The third kappa shape index (κ3) is 3.25. The number of benzene rings is 6. The molecule has 39 heavy (non-hydrogen) atoms. The van der Waals surface area contributed by atoms with Crippen molar-refractivity contribution in [3.8, 4) is 11.1 Å². The van der Waals surface area contributed by atoms with Crippen molar-refractivity contribution in [2.24, 2.45) is 0 Å². The molecule has 0 unspecified atom stereocenters. The average Bonchev–Trinajstić information content (AvgIpc) is 3.47. The van der Waals surface area contributed by atoms with Crippen molar-refractivity contribution < 1.29 is 0 Å². The monoisotopic (exact) mass is 517 g/mol. The maximum Gasteiger partial charge on any atom is 0.0543 e. The van der Waals surface area contributed by atoms with Crippen LogP contribution in [0.4, 0.5) is 17.1 Å². The first kappa shape index (κ1) is 22.6. The molecule has 0 N–H and O–H groups in total. The van der Waals surface area contributed by atoms with Crippen LogP contribution in [0.2, 0.25) is 0 Å². The number of para-hydroxylation sites is 1. The van der Waals surface area contributed by atoms with Gasteiger partial charge in [0.15, 0.2) is 0 Å². The Balaban J connectivity index is 1.40. The van der Waals surface area contributed by atoms with Crippen molar-refractivity contribution in [3.05, 3.63) is 139 Å². The molecule has 0 aliphatic heterocycles. The van der Waals surface area contributed by atoms with Crippen LogP contribution >= 0.6 is 11.3 Å². The van der Waals surface area contributed by atoms with E-state index in [-0.39, 0.29) is 5.41 Å².